The molecule has 48 heavy (non-hydrogen) atoms. The van der Waals surface area contributed by atoms with Crippen molar-refractivity contribution >= 4 is 17.6 Å². The number of imidazole rings is 1. The molecule has 6 rings (SSSR count). The van der Waals surface area contributed by atoms with Gasteiger partial charge in [-0.15, -0.1) is 0 Å². The minimum atomic E-state index is -0.707. The Morgan fingerprint density at radius 2 is 1.52 bits per heavy atom. The molecule has 0 saturated carbocycles. The van der Waals surface area contributed by atoms with Crippen LogP contribution in [0.1, 0.15) is 16.8 Å². The van der Waals surface area contributed by atoms with Gasteiger partial charge in [0.1, 0.15) is 17.4 Å². The first-order chi connectivity index (χ1) is 23.2. The van der Waals surface area contributed by atoms with E-state index in [4.69, 9.17) is 14.5 Å². The number of hydrogen-bond donors (Lipinski definition) is 1. The van der Waals surface area contributed by atoms with Crippen molar-refractivity contribution in [3.8, 4) is 28.1 Å². The molecule has 9 nitrogen and oxygen atoms in total. The molecule has 0 radical (unpaired) electrons. The Labute approximate surface area is 275 Å². The summed E-state index contributed by atoms with van der Waals surface area (Å²) in [5.41, 5.74) is 3.77. The van der Waals surface area contributed by atoms with E-state index in [9.17, 15) is 9.59 Å². The molecule has 4 aromatic carbocycles. The molecular weight excluding hydrogens is 616 g/mol. The lowest BCUT2D eigenvalue weighted by molar-refractivity contribution is 0.187. The van der Waals surface area contributed by atoms with Crippen LogP contribution in [0.4, 0.5) is 19.3 Å². The number of aromatic nitrogens is 3. The van der Waals surface area contributed by atoms with E-state index < -0.39 is 17.7 Å². The van der Waals surface area contributed by atoms with Gasteiger partial charge in [0.05, 0.1) is 37.7 Å². The molecular formula is C37H33F2N5O4. The van der Waals surface area contributed by atoms with E-state index in [0.29, 0.717) is 52.6 Å². The lowest BCUT2D eigenvalue weighted by Crippen LogP contribution is -2.25. The fourth-order valence-electron chi connectivity index (χ4n) is 5.64. The predicted octanol–water partition coefficient (Wildman–Crippen LogP) is 6.98. The summed E-state index contributed by atoms with van der Waals surface area (Å²) in [4.78, 5) is 33.3. The summed E-state index contributed by atoms with van der Waals surface area (Å²) in [7, 11) is 4.78. The first-order valence-electron chi connectivity index (χ1n) is 15.2. The number of methoxy groups -OCH3 is 2. The van der Waals surface area contributed by atoms with E-state index in [1.54, 1.807) is 66.4 Å². The van der Waals surface area contributed by atoms with E-state index in [1.807, 2.05) is 37.4 Å². The van der Waals surface area contributed by atoms with Crippen LogP contribution < -0.4 is 15.6 Å². The van der Waals surface area contributed by atoms with Crippen molar-refractivity contribution in [3.05, 3.63) is 142 Å². The fourth-order valence-corrected chi connectivity index (χ4v) is 5.64. The number of amides is 1. The zero-order valence-electron chi connectivity index (χ0n) is 26.6. The van der Waals surface area contributed by atoms with Gasteiger partial charge < -0.3 is 14.0 Å². The highest BCUT2D eigenvalue weighted by atomic mass is 19.1. The van der Waals surface area contributed by atoms with Gasteiger partial charge in [-0.1, -0.05) is 60.7 Å². The van der Waals surface area contributed by atoms with Crippen molar-refractivity contribution in [2.75, 3.05) is 26.6 Å². The van der Waals surface area contributed by atoms with Crippen LogP contribution in [0.25, 0.3) is 28.2 Å². The molecule has 0 bridgehead atoms. The molecule has 2 heterocycles. The minimum Gasteiger partial charge on any atom is -0.497 e. The number of rotatable bonds is 10. The van der Waals surface area contributed by atoms with E-state index in [2.05, 4.69) is 10.2 Å². The molecule has 0 fully saturated rings. The van der Waals surface area contributed by atoms with Crippen LogP contribution in [0.5, 0.6) is 5.75 Å². The van der Waals surface area contributed by atoms with Gasteiger partial charge >= 0.3 is 6.09 Å². The topological polar surface area (TPSA) is 90.1 Å². The van der Waals surface area contributed by atoms with E-state index in [1.165, 1.54) is 29.7 Å². The van der Waals surface area contributed by atoms with Gasteiger partial charge in [-0.3, -0.25) is 15.0 Å². The third kappa shape index (κ3) is 6.67. The standard InChI is InChI=1S/C37H33F2N5O4/c1-42(20-24-8-5-4-6-9-24)23-33-34(26-12-16-27(17-13-26)40-37(46)48-3)41-36-43(22-30-31(38)10-7-11-32(30)39)21-29(35(45)44(33)36)25-14-18-28(47-2)19-15-25/h4-19,21H,20,22-23H2,1-3H3,(H,40,46). The van der Waals surface area contributed by atoms with Crippen LogP contribution in [0.3, 0.4) is 0 Å². The second-order valence-electron chi connectivity index (χ2n) is 11.3. The quantitative estimate of drug-likeness (QED) is 0.172. The Morgan fingerprint density at radius 1 is 0.854 bits per heavy atom. The molecule has 1 amide bonds. The summed E-state index contributed by atoms with van der Waals surface area (Å²) in [6.45, 7) is 0.675. The van der Waals surface area contributed by atoms with Gasteiger partial charge in [0.15, 0.2) is 0 Å². The molecule has 0 atom stereocenters. The lowest BCUT2D eigenvalue weighted by Gasteiger charge is -2.18. The second kappa shape index (κ2) is 13.9. The van der Waals surface area contributed by atoms with Gasteiger partial charge in [0.2, 0.25) is 5.78 Å². The fraction of sp³-hybridized carbons (Fsp3) is 0.162. The van der Waals surface area contributed by atoms with Crippen LogP contribution >= 0.6 is 0 Å². The van der Waals surface area contributed by atoms with E-state index in [-0.39, 0.29) is 23.4 Å². The normalized spacial score (nSPS) is 11.2. The molecule has 0 aliphatic rings. The Kier molecular flexibility index (Phi) is 9.31. The summed E-state index contributed by atoms with van der Waals surface area (Å²) in [5.74, 6) is -0.580. The van der Waals surface area contributed by atoms with Crippen molar-refractivity contribution in [1.82, 2.24) is 18.9 Å². The summed E-state index contributed by atoms with van der Waals surface area (Å²) in [6.07, 6.45) is 0.977. The van der Waals surface area contributed by atoms with Crippen molar-refractivity contribution < 1.29 is 23.0 Å². The first-order valence-corrected chi connectivity index (χ1v) is 15.2. The largest absolute Gasteiger partial charge is 0.497 e. The number of anilines is 1. The molecule has 0 aliphatic carbocycles. The molecule has 2 aromatic heterocycles. The third-order valence-corrected chi connectivity index (χ3v) is 8.03. The van der Waals surface area contributed by atoms with E-state index in [0.717, 1.165) is 5.56 Å². The number of ether oxygens (including phenoxy) is 2. The monoisotopic (exact) mass is 649 g/mol. The van der Waals surface area contributed by atoms with Crippen LogP contribution in [0.15, 0.2) is 108 Å². The lowest BCUT2D eigenvalue weighted by atomic mass is 10.1. The van der Waals surface area contributed by atoms with Gasteiger partial charge in [0.25, 0.3) is 5.56 Å². The van der Waals surface area contributed by atoms with Gasteiger partial charge in [0, 0.05) is 36.1 Å². The van der Waals surface area contributed by atoms with E-state index >= 15 is 8.78 Å². The zero-order chi connectivity index (χ0) is 33.8. The van der Waals surface area contributed by atoms with Crippen molar-refractivity contribution in [1.29, 1.82) is 0 Å². The number of carbonyl (C=O) groups is 1. The van der Waals surface area contributed by atoms with Crippen molar-refractivity contribution in [3.63, 3.8) is 0 Å². The summed E-state index contributed by atoms with van der Waals surface area (Å²) < 4.78 is 43.1. The van der Waals surface area contributed by atoms with Crippen LogP contribution in [0.2, 0.25) is 0 Å². The number of hydrogen-bond acceptors (Lipinski definition) is 6. The highest BCUT2D eigenvalue weighted by molar-refractivity contribution is 5.85. The maximum atomic E-state index is 15.0. The SMILES string of the molecule is COC(=O)Nc1ccc(-c2nc3n(Cc4c(F)cccc4F)cc(-c4ccc(OC)cc4)c(=O)n3c2CN(C)Cc2ccccc2)cc1. The Hall–Kier alpha value is -5.81. The first kappa shape index (κ1) is 32.1. The third-order valence-electron chi connectivity index (χ3n) is 8.03. The summed E-state index contributed by atoms with van der Waals surface area (Å²) in [6, 6.07) is 27.6. The molecule has 0 unspecified atom stereocenters. The molecule has 11 heteroatoms. The van der Waals surface area contributed by atoms with Crippen LogP contribution in [0, 0.1) is 11.6 Å². The molecule has 0 aliphatic heterocycles. The molecule has 0 spiro atoms. The second-order valence-corrected chi connectivity index (χ2v) is 11.3. The maximum absolute atomic E-state index is 15.0. The Morgan fingerprint density at radius 3 is 2.17 bits per heavy atom. The minimum absolute atomic E-state index is 0.158. The number of benzene rings is 4. The van der Waals surface area contributed by atoms with Gasteiger partial charge in [-0.25, -0.2) is 23.0 Å². The van der Waals surface area contributed by atoms with Gasteiger partial charge in [-0.05, 0) is 54.6 Å². The average Bonchev–Trinajstić information content (AvgIpc) is 3.47. The predicted molar refractivity (Wildman–Crippen MR) is 180 cm³/mol. The number of nitrogens with zero attached hydrogens (tertiary/aromatic N) is 4. The number of carbonyl (C=O) groups excluding carboxylic acids is 1. The molecule has 244 valence electrons. The van der Waals surface area contributed by atoms with Crippen molar-refractivity contribution in [2.45, 2.75) is 19.6 Å². The van der Waals surface area contributed by atoms with Gasteiger partial charge in [-0.2, -0.15) is 0 Å². The van der Waals surface area contributed by atoms with Crippen molar-refractivity contribution in [2.24, 2.45) is 0 Å². The molecule has 0 saturated heterocycles. The number of fused-ring (bicyclic) bond motifs is 1. The highest BCUT2D eigenvalue weighted by Crippen LogP contribution is 2.29. The van der Waals surface area contributed by atoms with Crippen LogP contribution in [-0.4, -0.2) is 46.2 Å². The van der Waals surface area contributed by atoms with Crippen LogP contribution in [-0.2, 0) is 24.4 Å². The zero-order valence-corrected chi connectivity index (χ0v) is 26.6. The summed E-state index contributed by atoms with van der Waals surface area (Å²) >= 11 is 0. The Balaban J connectivity index is 1.57. The highest BCUT2D eigenvalue weighted by Gasteiger charge is 2.23. The maximum Gasteiger partial charge on any atom is 0.411 e. The average molecular weight is 650 g/mol. The molecule has 1 N–H and O–H groups in total. The summed E-state index contributed by atoms with van der Waals surface area (Å²) in [5, 5.41) is 2.63. The number of halogens is 2. The number of nitrogens with one attached hydrogen (secondary N) is 1. The Bertz CT molecular complexity index is 2110. The smallest absolute Gasteiger partial charge is 0.411 e. The molecule has 6 aromatic rings.